The Labute approximate surface area is 122 Å². The van der Waals surface area contributed by atoms with Crippen LogP contribution in [0.4, 0.5) is 0 Å². The van der Waals surface area contributed by atoms with Crippen molar-refractivity contribution in [3.63, 3.8) is 0 Å². The number of furan rings is 1. The minimum atomic E-state index is 0.592. The second kappa shape index (κ2) is 4.43. The fourth-order valence-corrected chi connectivity index (χ4v) is 2.94. The number of hydrogen-bond acceptors (Lipinski definition) is 5. The molecule has 98 valence electrons. The van der Waals surface area contributed by atoms with Gasteiger partial charge in [0.2, 0.25) is 10.8 Å². The Morgan fingerprint density at radius 2 is 2.10 bits per heavy atom. The van der Waals surface area contributed by atoms with E-state index in [1.807, 2.05) is 30.3 Å². The lowest BCUT2D eigenvalue weighted by Crippen LogP contribution is -1.89. The Morgan fingerprint density at radius 1 is 1.15 bits per heavy atom. The molecule has 0 saturated heterocycles. The number of rotatable bonds is 2. The van der Waals surface area contributed by atoms with Gasteiger partial charge in [-0.25, -0.2) is 0 Å². The Hall–Kier alpha value is -2.18. The number of halogens is 1. The van der Waals surface area contributed by atoms with Gasteiger partial charge in [0.05, 0.1) is 6.26 Å². The summed E-state index contributed by atoms with van der Waals surface area (Å²) >= 11 is 7.46. The maximum Gasteiger partial charge on any atom is 0.235 e. The third-order valence-corrected chi connectivity index (χ3v) is 3.99. The first-order chi connectivity index (χ1) is 9.81. The van der Waals surface area contributed by atoms with Crippen LogP contribution in [0, 0.1) is 0 Å². The lowest BCUT2D eigenvalue weighted by atomic mass is 10.2. The summed E-state index contributed by atoms with van der Waals surface area (Å²) in [6.07, 6.45) is 1.60. The summed E-state index contributed by atoms with van der Waals surface area (Å²) in [5.41, 5.74) is 0.957. The summed E-state index contributed by atoms with van der Waals surface area (Å²) < 4.78 is 7.02. The normalized spacial score (nSPS) is 11.2. The second-order valence-corrected chi connectivity index (χ2v) is 5.51. The molecule has 0 aliphatic carbocycles. The van der Waals surface area contributed by atoms with Crippen molar-refractivity contribution in [3.05, 3.63) is 47.7 Å². The van der Waals surface area contributed by atoms with Crippen LogP contribution in [0.25, 0.3) is 27.1 Å². The largest absolute Gasteiger partial charge is 0.461 e. The summed E-state index contributed by atoms with van der Waals surface area (Å²) in [5, 5.41) is 14.3. The van der Waals surface area contributed by atoms with Gasteiger partial charge < -0.3 is 4.42 Å². The molecular formula is C13H7ClN4OS. The highest BCUT2D eigenvalue weighted by Crippen LogP contribution is 2.29. The highest BCUT2D eigenvalue weighted by Gasteiger charge is 2.15. The summed E-state index contributed by atoms with van der Waals surface area (Å²) in [4.78, 5) is 0.714. The van der Waals surface area contributed by atoms with Gasteiger partial charge >= 0.3 is 0 Å². The first-order valence-electron chi connectivity index (χ1n) is 5.83. The van der Waals surface area contributed by atoms with Gasteiger partial charge in [-0.15, -0.1) is 10.2 Å². The molecule has 7 heteroatoms. The molecule has 0 amide bonds. The molecule has 0 fully saturated rings. The van der Waals surface area contributed by atoms with Gasteiger partial charge in [-0.2, -0.15) is 9.61 Å². The SMILES string of the molecule is Clc1cccc(-c2nn3c(-c4ccco4)nnc3s2)c1. The number of fused-ring (bicyclic) bond motifs is 1. The van der Waals surface area contributed by atoms with Crippen molar-refractivity contribution in [2.24, 2.45) is 0 Å². The zero-order valence-electron chi connectivity index (χ0n) is 10.0. The number of benzene rings is 1. The zero-order chi connectivity index (χ0) is 13.5. The van der Waals surface area contributed by atoms with Crippen molar-refractivity contribution in [2.75, 3.05) is 0 Å². The smallest absolute Gasteiger partial charge is 0.235 e. The van der Waals surface area contributed by atoms with Gasteiger partial charge in [-0.3, -0.25) is 0 Å². The van der Waals surface area contributed by atoms with Gasteiger partial charge in [0, 0.05) is 10.6 Å². The van der Waals surface area contributed by atoms with Gasteiger partial charge in [-0.1, -0.05) is 35.1 Å². The molecule has 4 rings (SSSR count). The zero-order valence-corrected chi connectivity index (χ0v) is 11.6. The summed E-state index contributed by atoms with van der Waals surface area (Å²) in [6.45, 7) is 0. The maximum atomic E-state index is 6.01. The van der Waals surface area contributed by atoms with E-state index in [4.69, 9.17) is 16.0 Å². The number of nitrogens with zero attached hydrogens (tertiary/aromatic N) is 4. The lowest BCUT2D eigenvalue weighted by molar-refractivity contribution is 0.575. The molecule has 4 aromatic rings. The minimum absolute atomic E-state index is 0.592. The van der Waals surface area contributed by atoms with E-state index >= 15 is 0 Å². The monoisotopic (exact) mass is 302 g/mol. The summed E-state index contributed by atoms with van der Waals surface area (Å²) in [5.74, 6) is 1.23. The van der Waals surface area contributed by atoms with Crippen LogP contribution in [0.1, 0.15) is 0 Å². The maximum absolute atomic E-state index is 6.01. The van der Waals surface area contributed by atoms with Crippen LogP contribution in [0.3, 0.4) is 0 Å². The molecule has 0 bridgehead atoms. The van der Waals surface area contributed by atoms with Crippen molar-refractivity contribution in [3.8, 4) is 22.2 Å². The number of aromatic nitrogens is 4. The van der Waals surface area contributed by atoms with Crippen molar-refractivity contribution >= 4 is 27.9 Å². The predicted molar refractivity (Wildman–Crippen MR) is 76.8 cm³/mol. The van der Waals surface area contributed by atoms with E-state index < -0.39 is 0 Å². The van der Waals surface area contributed by atoms with E-state index in [9.17, 15) is 0 Å². The lowest BCUT2D eigenvalue weighted by Gasteiger charge is -1.95. The Kier molecular flexibility index (Phi) is 2.58. The van der Waals surface area contributed by atoms with Crippen LogP contribution in [-0.2, 0) is 0 Å². The fraction of sp³-hybridized carbons (Fsp3) is 0. The van der Waals surface area contributed by atoms with E-state index in [0.717, 1.165) is 10.6 Å². The molecule has 0 atom stereocenters. The quantitative estimate of drug-likeness (QED) is 0.565. The molecule has 0 saturated carbocycles. The topological polar surface area (TPSA) is 56.2 Å². The highest BCUT2D eigenvalue weighted by atomic mass is 35.5. The molecule has 0 spiro atoms. The number of hydrogen-bond donors (Lipinski definition) is 0. The van der Waals surface area contributed by atoms with E-state index in [0.29, 0.717) is 21.6 Å². The third-order valence-electron chi connectivity index (χ3n) is 2.80. The van der Waals surface area contributed by atoms with E-state index in [-0.39, 0.29) is 0 Å². The minimum Gasteiger partial charge on any atom is -0.461 e. The predicted octanol–water partition coefficient (Wildman–Crippen LogP) is 3.77. The Morgan fingerprint density at radius 3 is 2.90 bits per heavy atom. The van der Waals surface area contributed by atoms with Crippen LogP contribution in [0.2, 0.25) is 5.02 Å². The second-order valence-electron chi connectivity index (χ2n) is 4.11. The Balaban J connectivity index is 1.88. The standard InChI is InChI=1S/C13H7ClN4OS/c14-9-4-1-3-8(7-9)12-17-18-11(10-5-2-6-19-10)15-16-13(18)20-12/h1-7H. The van der Waals surface area contributed by atoms with Crippen LogP contribution in [-0.4, -0.2) is 19.8 Å². The average molecular weight is 303 g/mol. The van der Waals surface area contributed by atoms with Crippen LogP contribution >= 0.6 is 22.9 Å². The summed E-state index contributed by atoms with van der Waals surface area (Å²) in [7, 11) is 0. The van der Waals surface area contributed by atoms with Crippen molar-refractivity contribution < 1.29 is 4.42 Å². The molecule has 1 aromatic carbocycles. The highest BCUT2D eigenvalue weighted by molar-refractivity contribution is 7.19. The van der Waals surface area contributed by atoms with Crippen molar-refractivity contribution in [2.45, 2.75) is 0 Å². The molecule has 0 aliphatic heterocycles. The Bertz CT molecular complexity index is 881. The van der Waals surface area contributed by atoms with Crippen LogP contribution < -0.4 is 0 Å². The molecule has 3 heterocycles. The van der Waals surface area contributed by atoms with Gasteiger partial charge in [0.15, 0.2) is 5.76 Å². The molecule has 0 unspecified atom stereocenters. The van der Waals surface area contributed by atoms with Gasteiger partial charge in [0.25, 0.3) is 0 Å². The fourth-order valence-electron chi connectivity index (χ4n) is 1.91. The summed E-state index contributed by atoms with van der Waals surface area (Å²) in [6, 6.07) is 11.2. The molecule has 3 aromatic heterocycles. The molecule has 0 aliphatic rings. The first-order valence-corrected chi connectivity index (χ1v) is 7.03. The third kappa shape index (κ3) is 1.81. The molecule has 0 N–H and O–H groups in total. The molecular weight excluding hydrogens is 296 g/mol. The van der Waals surface area contributed by atoms with Gasteiger partial charge in [0.1, 0.15) is 5.01 Å². The van der Waals surface area contributed by atoms with E-state index in [2.05, 4.69) is 15.3 Å². The molecule has 20 heavy (non-hydrogen) atoms. The molecule has 5 nitrogen and oxygen atoms in total. The van der Waals surface area contributed by atoms with Crippen LogP contribution in [0.5, 0.6) is 0 Å². The first kappa shape index (κ1) is 11.6. The van der Waals surface area contributed by atoms with E-state index in [1.54, 1.807) is 16.8 Å². The van der Waals surface area contributed by atoms with Crippen molar-refractivity contribution in [1.29, 1.82) is 0 Å². The van der Waals surface area contributed by atoms with E-state index in [1.165, 1.54) is 11.3 Å². The van der Waals surface area contributed by atoms with Crippen molar-refractivity contribution in [1.82, 2.24) is 19.8 Å². The molecule has 0 radical (unpaired) electrons. The average Bonchev–Trinajstić information content (AvgIpc) is 3.14. The van der Waals surface area contributed by atoms with Gasteiger partial charge in [-0.05, 0) is 24.3 Å². The van der Waals surface area contributed by atoms with Crippen LogP contribution in [0.15, 0.2) is 47.1 Å².